The predicted molar refractivity (Wildman–Crippen MR) is 106 cm³/mol. The molecular formula is C21H30N4O2. The maximum absolute atomic E-state index is 12.9. The number of anilines is 1. The zero-order valence-electron chi connectivity index (χ0n) is 16.2. The Kier molecular flexibility index (Phi) is 5.34. The maximum atomic E-state index is 12.9. The summed E-state index contributed by atoms with van der Waals surface area (Å²) in [6, 6.07) is 6.55. The van der Waals surface area contributed by atoms with Gasteiger partial charge in [-0.1, -0.05) is 6.07 Å². The van der Waals surface area contributed by atoms with Gasteiger partial charge < -0.3 is 20.4 Å². The molecule has 4 rings (SSSR count). The summed E-state index contributed by atoms with van der Waals surface area (Å²) in [5.41, 5.74) is 2.72. The average Bonchev–Trinajstić information content (AvgIpc) is 3.03. The molecule has 0 bridgehead atoms. The Morgan fingerprint density at radius 2 is 2.15 bits per heavy atom. The van der Waals surface area contributed by atoms with Gasteiger partial charge in [-0.05, 0) is 63.3 Å². The van der Waals surface area contributed by atoms with Crippen molar-refractivity contribution in [3.05, 3.63) is 29.3 Å². The van der Waals surface area contributed by atoms with Crippen LogP contribution in [-0.2, 0) is 11.3 Å². The van der Waals surface area contributed by atoms with Crippen molar-refractivity contribution in [3.63, 3.8) is 0 Å². The molecule has 146 valence electrons. The van der Waals surface area contributed by atoms with E-state index in [2.05, 4.69) is 17.6 Å². The second-order valence-corrected chi connectivity index (χ2v) is 8.09. The highest BCUT2D eigenvalue weighted by Gasteiger charge is 2.33. The molecule has 2 saturated heterocycles. The van der Waals surface area contributed by atoms with Gasteiger partial charge >= 0.3 is 0 Å². The number of benzene rings is 1. The molecule has 1 aromatic rings. The van der Waals surface area contributed by atoms with E-state index in [1.165, 1.54) is 6.42 Å². The van der Waals surface area contributed by atoms with Crippen molar-refractivity contribution in [2.75, 3.05) is 31.5 Å². The molecule has 3 aliphatic rings. The highest BCUT2D eigenvalue weighted by atomic mass is 16.2. The largest absolute Gasteiger partial charge is 0.376 e. The van der Waals surface area contributed by atoms with E-state index in [0.29, 0.717) is 12.6 Å². The van der Waals surface area contributed by atoms with Crippen molar-refractivity contribution in [3.8, 4) is 0 Å². The SMILES string of the molecule is CC1CCCCN1C(=O)CNc1ccc2c(c1)C(=O)N(C1CCCNC1)C2. The van der Waals surface area contributed by atoms with Gasteiger partial charge in [0.25, 0.3) is 5.91 Å². The van der Waals surface area contributed by atoms with Crippen LogP contribution in [0.25, 0.3) is 0 Å². The lowest BCUT2D eigenvalue weighted by Crippen LogP contribution is -2.46. The second kappa shape index (κ2) is 7.89. The predicted octanol–water partition coefficient (Wildman–Crippen LogP) is 2.21. The van der Waals surface area contributed by atoms with Crippen LogP contribution in [0.5, 0.6) is 0 Å². The first-order chi connectivity index (χ1) is 13.1. The van der Waals surface area contributed by atoms with Gasteiger partial charge in [0.1, 0.15) is 0 Å². The molecule has 27 heavy (non-hydrogen) atoms. The first-order valence-electron chi connectivity index (χ1n) is 10.3. The first-order valence-corrected chi connectivity index (χ1v) is 10.3. The molecule has 6 heteroatoms. The Balaban J connectivity index is 1.38. The third-order valence-corrected chi connectivity index (χ3v) is 6.22. The molecule has 1 aromatic carbocycles. The summed E-state index contributed by atoms with van der Waals surface area (Å²) in [6.45, 7) is 5.89. The zero-order chi connectivity index (χ0) is 18.8. The Morgan fingerprint density at radius 1 is 1.26 bits per heavy atom. The lowest BCUT2D eigenvalue weighted by molar-refractivity contribution is -0.132. The third-order valence-electron chi connectivity index (χ3n) is 6.22. The van der Waals surface area contributed by atoms with E-state index >= 15 is 0 Å². The summed E-state index contributed by atoms with van der Waals surface area (Å²) in [4.78, 5) is 29.4. The number of piperidine rings is 2. The number of nitrogens with one attached hydrogen (secondary N) is 2. The molecule has 2 fully saturated rings. The van der Waals surface area contributed by atoms with Crippen molar-refractivity contribution in [1.29, 1.82) is 0 Å². The normalized spacial score (nSPS) is 25.4. The summed E-state index contributed by atoms with van der Waals surface area (Å²) in [6.07, 6.45) is 5.58. The molecule has 2 amide bonds. The summed E-state index contributed by atoms with van der Waals surface area (Å²) in [5, 5.41) is 6.62. The second-order valence-electron chi connectivity index (χ2n) is 8.09. The molecule has 2 atom stereocenters. The Bertz CT molecular complexity index is 714. The van der Waals surface area contributed by atoms with E-state index in [1.807, 2.05) is 28.0 Å². The monoisotopic (exact) mass is 370 g/mol. The smallest absolute Gasteiger partial charge is 0.254 e. The molecule has 0 spiro atoms. The number of fused-ring (bicyclic) bond motifs is 1. The molecule has 0 aromatic heterocycles. The first kappa shape index (κ1) is 18.3. The van der Waals surface area contributed by atoms with Crippen LogP contribution in [0.4, 0.5) is 5.69 Å². The van der Waals surface area contributed by atoms with Crippen molar-refractivity contribution < 1.29 is 9.59 Å². The van der Waals surface area contributed by atoms with Gasteiger partial charge in [-0.15, -0.1) is 0 Å². The molecule has 0 radical (unpaired) electrons. The van der Waals surface area contributed by atoms with Gasteiger partial charge in [-0.3, -0.25) is 9.59 Å². The fourth-order valence-electron chi connectivity index (χ4n) is 4.58. The lowest BCUT2D eigenvalue weighted by atomic mass is 10.0. The molecular weight excluding hydrogens is 340 g/mol. The minimum absolute atomic E-state index is 0.123. The average molecular weight is 370 g/mol. The number of hydrogen-bond donors (Lipinski definition) is 2. The molecule has 0 aliphatic carbocycles. The molecule has 6 nitrogen and oxygen atoms in total. The third kappa shape index (κ3) is 3.81. The van der Waals surface area contributed by atoms with Crippen LogP contribution >= 0.6 is 0 Å². The highest BCUT2D eigenvalue weighted by Crippen LogP contribution is 2.29. The van der Waals surface area contributed by atoms with Crippen LogP contribution in [0.2, 0.25) is 0 Å². The van der Waals surface area contributed by atoms with Gasteiger partial charge in [0.15, 0.2) is 0 Å². The van der Waals surface area contributed by atoms with Crippen LogP contribution in [0.1, 0.15) is 54.9 Å². The van der Waals surface area contributed by atoms with Crippen LogP contribution in [0, 0.1) is 0 Å². The molecule has 3 aliphatic heterocycles. The number of amides is 2. The Morgan fingerprint density at radius 3 is 2.93 bits per heavy atom. The van der Waals surface area contributed by atoms with Crippen LogP contribution in [0.3, 0.4) is 0 Å². The van der Waals surface area contributed by atoms with E-state index < -0.39 is 0 Å². The summed E-state index contributed by atoms with van der Waals surface area (Å²) in [5.74, 6) is 0.266. The van der Waals surface area contributed by atoms with Crippen LogP contribution < -0.4 is 10.6 Å². The van der Waals surface area contributed by atoms with Crippen molar-refractivity contribution in [2.45, 2.75) is 57.7 Å². The molecule has 2 N–H and O–H groups in total. The number of nitrogens with zero attached hydrogens (tertiary/aromatic N) is 2. The summed E-state index contributed by atoms with van der Waals surface area (Å²) >= 11 is 0. The fraction of sp³-hybridized carbons (Fsp3) is 0.619. The van der Waals surface area contributed by atoms with E-state index in [4.69, 9.17) is 0 Å². The topological polar surface area (TPSA) is 64.7 Å². The highest BCUT2D eigenvalue weighted by molar-refractivity contribution is 5.99. The van der Waals surface area contributed by atoms with Crippen LogP contribution in [-0.4, -0.2) is 59.9 Å². The standard InChI is InChI=1S/C21H30N4O2/c1-15-5-2-3-10-24(15)20(26)13-23-17-8-7-16-14-25(21(27)19(16)11-17)18-6-4-9-22-12-18/h7-8,11,15,18,22-23H,2-6,9-10,12-14H2,1H3. The fourth-order valence-corrected chi connectivity index (χ4v) is 4.58. The van der Waals surface area contributed by atoms with Gasteiger partial charge in [-0.2, -0.15) is 0 Å². The quantitative estimate of drug-likeness (QED) is 0.853. The van der Waals surface area contributed by atoms with Gasteiger partial charge in [0.05, 0.1) is 6.54 Å². The Hall–Kier alpha value is -2.08. The van der Waals surface area contributed by atoms with E-state index in [0.717, 1.165) is 62.1 Å². The Labute approximate surface area is 161 Å². The van der Waals surface area contributed by atoms with Crippen LogP contribution in [0.15, 0.2) is 18.2 Å². The van der Waals surface area contributed by atoms with E-state index in [1.54, 1.807) is 0 Å². The van der Waals surface area contributed by atoms with Gasteiger partial charge in [0, 0.05) is 43.0 Å². The summed E-state index contributed by atoms with van der Waals surface area (Å²) in [7, 11) is 0. The number of likely N-dealkylation sites (tertiary alicyclic amines) is 1. The number of hydrogen-bond acceptors (Lipinski definition) is 4. The summed E-state index contributed by atoms with van der Waals surface area (Å²) < 4.78 is 0. The van der Waals surface area contributed by atoms with E-state index in [9.17, 15) is 9.59 Å². The number of rotatable bonds is 4. The number of carbonyl (C=O) groups is 2. The maximum Gasteiger partial charge on any atom is 0.254 e. The lowest BCUT2D eigenvalue weighted by Gasteiger charge is -2.33. The van der Waals surface area contributed by atoms with Gasteiger partial charge in [0.2, 0.25) is 5.91 Å². The van der Waals surface area contributed by atoms with Crippen molar-refractivity contribution >= 4 is 17.5 Å². The molecule has 0 saturated carbocycles. The van der Waals surface area contributed by atoms with Crippen molar-refractivity contribution in [1.82, 2.24) is 15.1 Å². The van der Waals surface area contributed by atoms with E-state index in [-0.39, 0.29) is 24.4 Å². The van der Waals surface area contributed by atoms with Gasteiger partial charge in [-0.25, -0.2) is 0 Å². The zero-order valence-corrected chi connectivity index (χ0v) is 16.2. The minimum Gasteiger partial charge on any atom is -0.376 e. The van der Waals surface area contributed by atoms with Crippen molar-refractivity contribution in [2.24, 2.45) is 0 Å². The minimum atomic E-state index is 0.123. The molecule has 2 unspecified atom stereocenters. The number of carbonyl (C=O) groups excluding carboxylic acids is 2. The molecule has 3 heterocycles.